The first-order chi connectivity index (χ1) is 9.31. The van der Waals surface area contributed by atoms with Gasteiger partial charge in [0, 0.05) is 56.2 Å². The van der Waals surface area contributed by atoms with Crippen molar-refractivity contribution in [2.24, 2.45) is 0 Å². The van der Waals surface area contributed by atoms with Crippen molar-refractivity contribution in [2.45, 2.75) is 13.5 Å². The number of piperazine rings is 1. The van der Waals surface area contributed by atoms with Crippen LogP contribution >= 0.6 is 11.3 Å². The summed E-state index contributed by atoms with van der Waals surface area (Å²) in [5.41, 5.74) is 1.29. The highest BCUT2D eigenvalue weighted by Gasteiger charge is 2.19. The number of nitrogens with zero attached hydrogens (tertiary/aromatic N) is 4. The first-order valence-corrected chi connectivity index (χ1v) is 7.41. The third kappa shape index (κ3) is 3.11. The number of aromatic nitrogens is 2. The van der Waals surface area contributed by atoms with E-state index in [0.717, 1.165) is 32.7 Å². The maximum Gasteiger partial charge on any atom is 0.185 e. The number of hydrogen-bond acceptors (Lipinski definition) is 5. The smallest absolute Gasteiger partial charge is 0.185 e. The van der Waals surface area contributed by atoms with E-state index >= 15 is 0 Å². The van der Waals surface area contributed by atoms with E-state index in [1.54, 1.807) is 11.3 Å². The van der Waals surface area contributed by atoms with Crippen molar-refractivity contribution in [3.63, 3.8) is 0 Å². The van der Waals surface area contributed by atoms with Crippen LogP contribution in [0.1, 0.15) is 10.4 Å². The molecular formula is C14H18N4S. The quantitative estimate of drug-likeness (QED) is 0.858. The third-order valence-corrected chi connectivity index (χ3v) is 4.35. The van der Waals surface area contributed by atoms with E-state index in [4.69, 9.17) is 0 Å². The second-order valence-electron chi connectivity index (χ2n) is 4.88. The van der Waals surface area contributed by atoms with Crippen molar-refractivity contribution in [3.8, 4) is 0 Å². The molecule has 0 spiro atoms. The highest BCUT2D eigenvalue weighted by molar-refractivity contribution is 7.15. The molecule has 3 rings (SSSR count). The summed E-state index contributed by atoms with van der Waals surface area (Å²) in [5.74, 6) is 0. The van der Waals surface area contributed by atoms with Gasteiger partial charge < -0.3 is 4.90 Å². The lowest BCUT2D eigenvalue weighted by Crippen LogP contribution is -2.45. The molecule has 1 fully saturated rings. The second-order valence-corrected chi connectivity index (χ2v) is 6.09. The van der Waals surface area contributed by atoms with Gasteiger partial charge in [-0.2, -0.15) is 0 Å². The van der Waals surface area contributed by atoms with E-state index in [9.17, 15) is 0 Å². The zero-order valence-electron chi connectivity index (χ0n) is 11.1. The molecule has 0 unspecified atom stereocenters. The Kier molecular flexibility index (Phi) is 3.75. The average Bonchev–Trinajstić information content (AvgIpc) is 2.87. The fourth-order valence-corrected chi connectivity index (χ4v) is 3.15. The molecule has 0 saturated carbocycles. The molecule has 100 valence electrons. The van der Waals surface area contributed by atoms with Crippen LogP contribution in [0.5, 0.6) is 0 Å². The molecule has 2 aromatic rings. The zero-order chi connectivity index (χ0) is 13.1. The van der Waals surface area contributed by atoms with E-state index in [1.807, 2.05) is 24.7 Å². The van der Waals surface area contributed by atoms with Gasteiger partial charge in [0.1, 0.15) is 0 Å². The van der Waals surface area contributed by atoms with Gasteiger partial charge in [-0.3, -0.25) is 9.88 Å². The number of aryl methyl sites for hydroxylation is 1. The maximum absolute atomic E-state index is 4.46. The second kappa shape index (κ2) is 5.67. The van der Waals surface area contributed by atoms with Crippen LogP contribution in [-0.4, -0.2) is 41.0 Å². The highest BCUT2D eigenvalue weighted by Crippen LogP contribution is 2.22. The van der Waals surface area contributed by atoms with Crippen LogP contribution in [0.15, 0.2) is 30.7 Å². The van der Waals surface area contributed by atoms with Gasteiger partial charge in [0.15, 0.2) is 5.13 Å². The van der Waals surface area contributed by atoms with Gasteiger partial charge in [0.2, 0.25) is 0 Å². The predicted octanol–water partition coefficient (Wildman–Crippen LogP) is 2.17. The molecule has 0 bridgehead atoms. The van der Waals surface area contributed by atoms with E-state index < -0.39 is 0 Å². The molecule has 0 amide bonds. The summed E-state index contributed by atoms with van der Waals surface area (Å²) in [6.45, 7) is 7.42. The standard InChI is InChI=1S/C14H18N4S/c1-12-9-16-14(19-12)18-7-5-17(6-8-18)11-13-3-2-4-15-10-13/h2-4,9-10H,5-8,11H2,1H3. The molecule has 19 heavy (non-hydrogen) atoms. The Morgan fingerprint density at radius 1 is 1.21 bits per heavy atom. The lowest BCUT2D eigenvalue weighted by Gasteiger charge is -2.34. The molecular weight excluding hydrogens is 256 g/mol. The monoisotopic (exact) mass is 274 g/mol. The van der Waals surface area contributed by atoms with Crippen molar-refractivity contribution >= 4 is 16.5 Å². The third-order valence-electron chi connectivity index (χ3n) is 3.38. The number of rotatable bonds is 3. The highest BCUT2D eigenvalue weighted by atomic mass is 32.1. The number of pyridine rings is 1. The van der Waals surface area contributed by atoms with Gasteiger partial charge in [-0.15, -0.1) is 11.3 Å². The first kappa shape index (κ1) is 12.6. The zero-order valence-corrected chi connectivity index (χ0v) is 11.9. The number of anilines is 1. The summed E-state index contributed by atoms with van der Waals surface area (Å²) in [5, 5.41) is 1.17. The van der Waals surface area contributed by atoms with Crippen molar-refractivity contribution in [2.75, 3.05) is 31.1 Å². The Bertz CT molecular complexity index is 517. The summed E-state index contributed by atoms with van der Waals surface area (Å²) >= 11 is 1.79. The maximum atomic E-state index is 4.46. The lowest BCUT2D eigenvalue weighted by atomic mass is 10.2. The Morgan fingerprint density at radius 2 is 2.05 bits per heavy atom. The Morgan fingerprint density at radius 3 is 2.68 bits per heavy atom. The van der Waals surface area contributed by atoms with E-state index in [1.165, 1.54) is 15.6 Å². The van der Waals surface area contributed by atoms with Gasteiger partial charge in [-0.05, 0) is 18.6 Å². The van der Waals surface area contributed by atoms with Crippen molar-refractivity contribution in [3.05, 3.63) is 41.2 Å². The fraction of sp³-hybridized carbons (Fsp3) is 0.429. The number of hydrogen-bond donors (Lipinski definition) is 0. The molecule has 0 radical (unpaired) electrons. The van der Waals surface area contributed by atoms with E-state index in [-0.39, 0.29) is 0 Å². The van der Waals surface area contributed by atoms with Crippen molar-refractivity contribution in [1.82, 2.24) is 14.9 Å². The van der Waals surface area contributed by atoms with Crippen LogP contribution in [0.4, 0.5) is 5.13 Å². The minimum atomic E-state index is 0.999. The minimum Gasteiger partial charge on any atom is -0.346 e. The molecule has 4 nitrogen and oxygen atoms in total. The number of thiazole rings is 1. The largest absolute Gasteiger partial charge is 0.346 e. The van der Waals surface area contributed by atoms with Gasteiger partial charge in [0.25, 0.3) is 0 Å². The van der Waals surface area contributed by atoms with Crippen LogP contribution in [-0.2, 0) is 6.54 Å². The summed E-state index contributed by atoms with van der Waals surface area (Å²) in [4.78, 5) is 14.8. The summed E-state index contributed by atoms with van der Waals surface area (Å²) in [6, 6.07) is 4.15. The van der Waals surface area contributed by atoms with Crippen LogP contribution in [0.3, 0.4) is 0 Å². The average molecular weight is 274 g/mol. The van der Waals surface area contributed by atoms with Gasteiger partial charge in [-0.1, -0.05) is 6.07 Å². The van der Waals surface area contributed by atoms with Crippen molar-refractivity contribution in [1.29, 1.82) is 0 Å². The lowest BCUT2D eigenvalue weighted by molar-refractivity contribution is 0.249. The van der Waals surface area contributed by atoms with Crippen LogP contribution in [0.2, 0.25) is 0 Å². The van der Waals surface area contributed by atoms with Crippen molar-refractivity contribution < 1.29 is 0 Å². The normalized spacial score (nSPS) is 16.8. The molecule has 1 aliphatic rings. The SMILES string of the molecule is Cc1cnc(N2CCN(Cc3cccnc3)CC2)s1. The molecule has 0 aliphatic carbocycles. The van der Waals surface area contributed by atoms with Gasteiger partial charge >= 0.3 is 0 Å². The fourth-order valence-electron chi connectivity index (χ4n) is 2.34. The first-order valence-electron chi connectivity index (χ1n) is 6.60. The van der Waals surface area contributed by atoms with E-state index in [0.29, 0.717) is 0 Å². The van der Waals surface area contributed by atoms with Gasteiger partial charge in [0.05, 0.1) is 0 Å². The summed E-state index contributed by atoms with van der Waals surface area (Å²) in [7, 11) is 0. The van der Waals surface area contributed by atoms with Gasteiger partial charge in [-0.25, -0.2) is 4.98 Å². The Hall–Kier alpha value is -1.46. The molecule has 5 heteroatoms. The molecule has 1 saturated heterocycles. The predicted molar refractivity (Wildman–Crippen MR) is 78.6 cm³/mol. The Labute approximate surface area is 117 Å². The Balaban J connectivity index is 1.55. The molecule has 0 atom stereocenters. The molecule has 1 aliphatic heterocycles. The topological polar surface area (TPSA) is 32.3 Å². The molecule has 3 heterocycles. The summed E-state index contributed by atoms with van der Waals surface area (Å²) in [6.07, 6.45) is 5.74. The van der Waals surface area contributed by atoms with E-state index in [2.05, 4.69) is 32.8 Å². The molecule has 0 aromatic carbocycles. The van der Waals surface area contributed by atoms with Crippen LogP contribution < -0.4 is 4.90 Å². The van der Waals surface area contributed by atoms with Crippen LogP contribution in [0.25, 0.3) is 0 Å². The van der Waals surface area contributed by atoms with Crippen LogP contribution in [0, 0.1) is 6.92 Å². The summed E-state index contributed by atoms with van der Waals surface area (Å²) < 4.78 is 0. The molecule has 0 N–H and O–H groups in total. The minimum absolute atomic E-state index is 0.999. The molecule has 2 aromatic heterocycles.